The number of anilines is 2. The Hall–Kier alpha value is -1.75. The van der Waals surface area contributed by atoms with Gasteiger partial charge in [0, 0.05) is 12.6 Å². The fourth-order valence-corrected chi connectivity index (χ4v) is 1.32. The average molecular weight is 224 g/mol. The van der Waals surface area contributed by atoms with Crippen molar-refractivity contribution < 1.29 is 0 Å². The van der Waals surface area contributed by atoms with Crippen LogP contribution in [-0.2, 0) is 7.05 Å². The van der Waals surface area contributed by atoms with Crippen molar-refractivity contribution in [2.75, 3.05) is 11.5 Å². The molecule has 4 N–H and O–H groups in total. The second kappa shape index (κ2) is 3.43. The Bertz CT molecular complexity index is 486. The molecule has 0 bridgehead atoms. The number of nitrogen functional groups attached to an aromatic ring is 2. The monoisotopic (exact) mass is 223 g/mol. The van der Waals surface area contributed by atoms with Gasteiger partial charge in [-0.1, -0.05) is 11.6 Å². The van der Waals surface area contributed by atoms with Gasteiger partial charge in [-0.15, -0.1) is 5.10 Å². The van der Waals surface area contributed by atoms with E-state index in [1.807, 2.05) is 0 Å². The van der Waals surface area contributed by atoms with E-state index in [9.17, 15) is 0 Å². The van der Waals surface area contributed by atoms with Gasteiger partial charge in [0.1, 0.15) is 0 Å². The zero-order chi connectivity index (χ0) is 11.0. The van der Waals surface area contributed by atoms with Crippen LogP contribution in [0.1, 0.15) is 0 Å². The molecule has 1 aromatic heterocycles. The third-order valence-corrected chi connectivity index (χ3v) is 2.40. The molecule has 1 aromatic carbocycles. The van der Waals surface area contributed by atoms with E-state index in [2.05, 4.69) is 10.1 Å². The Balaban J connectivity index is 2.49. The summed E-state index contributed by atoms with van der Waals surface area (Å²) in [5.74, 6) is 0.900. The smallest absolute Gasteiger partial charge is 0.218 e. The summed E-state index contributed by atoms with van der Waals surface area (Å²) in [6.45, 7) is 0. The van der Waals surface area contributed by atoms with E-state index in [1.54, 1.807) is 25.2 Å². The first-order chi connectivity index (χ1) is 7.08. The van der Waals surface area contributed by atoms with Gasteiger partial charge in [-0.2, -0.15) is 4.98 Å². The predicted molar refractivity (Wildman–Crippen MR) is 60.3 cm³/mol. The van der Waals surface area contributed by atoms with Gasteiger partial charge in [-0.3, -0.25) is 0 Å². The zero-order valence-corrected chi connectivity index (χ0v) is 8.86. The van der Waals surface area contributed by atoms with Crippen LogP contribution in [0.3, 0.4) is 0 Å². The molecule has 0 atom stereocenters. The molecule has 0 spiro atoms. The second-order valence-electron chi connectivity index (χ2n) is 3.15. The lowest BCUT2D eigenvalue weighted by atomic mass is 10.2. The lowest BCUT2D eigenvalue weighted by molar-refractivity contribution is 0.781. The maximum atomic E-state index is 5.81. The molecule has 0 radical (unpaired) electrons. The fourth-order valence-electron chi connectivity index (χ4n) is 1.20. The van der Waals surface area contributed by atoms with E-state index >= 15 is 0 Å². The molecule has 1 heterocycles. The number of nitrogens with two attached hydrogens (primary N) is 2. The number of rotatable bonds is 1. The molecule has 0 aliphatic heterocycles. The molecule has 15 heavy (non-hydrogen) atoms. The van der Waals surface area contributed by atoms with Gasteiger partial charge >= 0.3 is 0 Å². The SMILES string of the molecule is Cn1nc(-c2ccc(Cl)c(N)c2)nc1N. The number of aromatic nitrogens is 3. The zero-order valence-electron chi connectivity index (χ0n) is 8.11. The van der Waals surface area contributed by atoms with Gasteiger partial charge in [0.15, 0.2) is 5.82 Å². The molecule has 6 heteroatoms. The number of benzene rings is 1. The van der Waals surface area contributed by atoms with E-state index in [1.165, 1.54) is 4.68 Å². The van der Waals surface area contributed by atoms with Crippen LogP contribution in [-0.4, -0.2) is 14.8 Å². The second-order valence-corrected chi connectivity index (χ2v) is 3.56. The van der Waals surface area contributed by atoms with E-state index in [4.69, 9.17) is 23.1 Å². The molecule has 0 saturated heterocycles. The minimum Gasteiger partial charge on any atom is -0.398 e. The molecule has 2 rings (SSSR count). The molecule has 0 saturated carbocycles. The van der Waals surface area contributed by atoms with Crippen LogP contribution >= 0.6 is 11.6 Å². The van der Waals surface area contributed by atoms with E-state index in [0.717, 1.165) is 5.56 Å². The lowest BCUT2D eigenvalue weighted by Gasteiger charge is -1.99. The van der Waals surface area contributed by atoms with Crippen molar-refractivity contribution in [1.82, 2.24) is 14.8 Å². The van der Waals surface area contributed by atoms with Crippen LogP contribution in [0.25, 0.3) is 11.4 Å². The van der Waals surface area contributed by atoms with Crippen molar-refractivity contribution >= 4 is 23.2 Å². The van der Waals surface area contributed by atoms with Crippen LogP contribution in [0, 0.1) is 0 Å². The van der Waals surface area contributed by atoms with Gasteiger partial charge in [0.2, 0.25) is 5.95 Å². The molecule has 0 aliphatic rings. The lowest BCUT2D eigenvalue weighted by Crippen LogP contribution is -1.97. The Morgan fingerprint density at radius 2 is 2.07 bits per heavy atom. The Labute approximate surface area is 91.7 Å². The molecule has 5 nitrogen and oxygen atoms in total. The van der Waals surface area contributed by atoms with E-state index in [0.29, 0.717) is 22.5 Å². The average Bonchev–Trinajstić information content (AvgIpc) is 2.52. The summed E-state index contributed by atoms with van der Waals surface area (Å²) in [6.07, 6.45) is 0. The third kappa shape index (κ3) is 1.73. The van der Waals surface area contributed by atoms with Crippen molar-refractivity contribution in [3.05, 3.63) is 23.2 Å². The standard InChI is InChI=1S/C9H10ClN5/c1-15-9(12)13-8(14-15)5-2-3-6(10)7(11)4-5/h2-4H,11H2,1H3,(H2,12,13,14). The third-order valence-electron chi connectivity index (χ3n) is 2.05. The first kappa shape index (κ1) is 9.79. The fraction of sp³-hybridized carbons (Fsp3) is 0.111. The van der Waals surface area contributed by atoms with Crippen LogP contribution in [0.2, 0.25) is 5.02 Å². The highest BCUT2D eigenvalue weighted by molar-refractivity contribution is 6.33. The quantitative estimate of drug-likeness (QED) is 0.714. The van der Waals surface area contributed by atoms with Crippen LogP contribution in [0.15, 0.2) is 18.2 Å². The summed E-state index contributed by atoms with van der Waals surface area (Å²) in [5, 5.41) is 4.65. The first-order valence-electron chi connectivity index (χ1n) is 4.30. The highest BCUT2D eigenvalue weighted by atomic mass is 35.5. The summed E-state index contributed by atoms with van der Waals surface area (Å²) in [7, 11) is 1.73. The normalized spacial score (nSPS) is 10.5. The van der Waals surface area contributed by atoms with Crippen LogP contribution in [0.4, 0.5) is 11.6 Å². The summed E-state index contributed by atoms with van der Waals surface area (Å²) in [4.78, 5) is 4.08. The Kier molecular flexibility index (Phi) is 2.24. The number of halogens is 1. The summed E-state index contributed by atoms with van der Waals surface area (Å²) < 4.78 is 1.50. The molecule has 0 fully saturated rings. The number of hydrogen-bond donors (Lipinski definition) is 2. The highest BCUT2D eigenvalue weighted by Crippen LogP contribution is 2.24. The molecule has 2 aromatic rings. The Morgan fingerprint density at radius 3 is 2.60 bits per heavy atom. The molecule has 0 unspecified atom stereocenters. The number of hydrogen-bond acceptors (Lipinski definition) is 4. The number of aryl methyl sites for hydroxylation is 1. The van der Waals surface area contributed by atoms with Gasteiger partial charge in [0.25, 0.3) is 0 Å². The van der Waals surface area contributed by atoms with Crippen molar-refractivity contribution in [3.8, 4) is 11.4 Å². The maximum Gasteiger partial charge on any atom is 0.218 e. The number of nitrogens with zero attached hydrogens (tertiary/aromatic N) is 3. The summed E-state index contributed by atoms with van der Waals surface area (Å²) in [6, 6.07) is 5.23. The largest absolute Gasteiger partial charge is 0.398 e. The van der Waals surface area contributed by atoms with Gasteiger partial charge < -0.3 is 11.5 Å². The minimum absolute atomic E-state index is 0.360. The Morgan fingerprint density at radius 1 is 1.33 bits per heavy atom. The van der Waals surface area contributed by atoms with Gasteiger partial charge in [0.05, 0.1) is 10.7 Å². The van der Waals surface area contributed by atoms with Crippen molar-refractivity contribution in [2.45, 2.75) is 0 Å². The minimum atomic E-state index is 0.360. The van der Waals surface area contributed by atoms with Gasteiger partial charge in [-0.05, 0) is 18.2 Å². The van der Waals surface area contributed by atoms with Crippen molar-refractivity contribution in [2.24, 2.45) is 7.05 Å². The molecular weight excluding hydrogens is 214 g/mol. The van der Waals surface area contributed by atoms with E-state index < -0.39 is 0 Å². The van der Waals surface area contributed by atoms with Crippen LogP contribution < -0.4 is 11.5 Å². The van der Waals surface area contributed by atoms with Crippen molar-refractivity contribution in [1.29, 1.82) is 0 Å². The summed E-state index contributed by atoms with van der Waals surface area (Å²) in [5.41, 5.74) is 12.6. The predicted octanol–water partition coefficient (Wildman–Crippen LogP) is 1.30. The van der Waals surface area contributed by atoms with Crippen molar-refractivity contribution in [3.63, 3.8) is 0 Å². The molecule has 0 aliphatic carbocycles. The molecule has 0 amide bonds. The maximum absolute atomic E-state index is 5.81. The molecular formula is C9H10ClN5. The highest BCUT2D eigenvalue weighted by Gasteiger charge is 2.07. The van der Waals surface area contributed by atoms with Gasteiger partial charge in [-0.25, -0.2) is 4.68 Å². The molecule has 78 valence electrons. The topological polar surface area (TPSA) is 82.8 Å². The van der Waals surface area contributed by atoms with E-state index in [-0.39, 0.29) is 0 Å². The summed E-state index contributed by atoms with van der Waals surface area (Å²) >= 11 is 5.81. The van der Waals surface area contributed by atoms with Crippen LogP contribution in [0.5, 0.6) is 0 Å². The first-order valence-corrected chi connectivity index (χ1v) is 4.67.